The molecule has 0 heterocycles. The van der Waals surface area contributed by atoms with Crippen LogP contribution in [-0.2, 0) is 10.1 Å². The molecule has 0 aliphatic heterocycles. The Morgan fingerprint density at radius 2 is 2.29 bits per heavy atom. The molecule has 14 heavy (non-hydrogen) atoms. The number of hydrogen-bond acceptors (Lipinski definition) is 3. The lowest BCUT2D eigenvalue weighted by atomic mass is 10.1. The van der Waals surface area contributed by atoms with Gasteiger partial charge in [-0.2, -0.15) is 5.26 Å². The van der Waals surface area contributed by atoms with E-state index in [1.165, 1.54) is 13.2 Å². The molecule has 0 N–H and O–H groups in total. The average molecular weight is 254 g/mol. The maximum atomic E-state index is 11.2. The van der Waals surface area contributed by atoms with Gasteiger partial charge in [0.05, 0.1) is 24.3 Å². The Balaban J connectivity index is 3.19. The number of carbonyl (C=O) groups excluding carboxylic acids is 1. The average Bonchev–Trinajstić information content (AvgIpc) is 2.27. The molecule has 0 aromatic heterocycles. The van der Waals surface area contributed by atoms with Gasteiger partial charge in [-0.05, 0) is 23.8 Å². The molecule has 0 spiro atoms. The van der Waals surface area contributed by atoms with Crippen LogP contribution in [0.3, 0.4) is 0 Å². The number of halogens is 1. The highest BCUT2D eigenvalue weighted by Crippen LogP contribution is 2.13. The summed E-state index contributed by atoms with van der Waals surface area (Å²) in [4.78, 5) is 11.2. The standard InChI is InChI=1S/C10H8BrNO2/c1-14-10(13)9-3-7(5-11)2-8(4-9)6-12/h2-4H,5H2,1H3. The SMILES string of the molecule is COC(=O)c1cc(C#N)cc(CBr)c1. The lowest BCUT2D eigenvalue weighted by Crippen LogP contribution is -2.02. The zero-order valence-electron chi connectivity index (χ0n) is 7.58. The number of methoxy groups -OCH3 is 1. The Labute approximate surface area is 90.4 Å². The van der Waals surface area contributed by atoms with E-state index in [-0.39, 0.29) is 0 Å². The minimum absolute atomic E-state index is 0.404. The highest BCUT2D eigenvalue weighted by Gasteiger charge is 2.07. The minimum Gasteiger partial charge on any atom is -0.465 e. The van der Waals surface area contributed by atoms with E-state index in [2.05, 4.69) is 20.7 Å². The third-order valence-corrected chi connectivity index (χ3v) is 2.34. The van der Waals surface area contributed by atoms with E-state index in [0.717, 1.165) is 5.56 Å². The third kappa shape index (κ3) is 2.33. The monoisotopic (exact) mass is 253 g/mol. The highest BCUT2D eigenvalue weighted by atomic mass is 79.9. The molecule has 0 aliphatic carbocycles. The van der Waals surface area contributed by atoms with Crippen LogP contribution in [0.1, 0.15) is 21.5 Å². The first-order valence-corrected chi connectivity index (χ1v) is 5.01. The summed E-state index contributed by atoms with van der Waals surface area (Å²) in [7, 11) is 1.31. The van der Waals surface area contributed by atoms with Crippen LogP contribution >= 0.6 is 15.9 Å². The fourth-order valence-electron chi connectivity index (χ4n) is 1.07. The van der Waals surface area contributed by atoms with Gasteiger partial charge < -0.3 is 4.74 Å². The molecule has 0 radical (unpaired) electrons. The van der Waals surface area contributed by atoms with Gasteiger partial charge in [-0.25, -0.2) is 4.79 Å². The Kier molecular flexibility index (Phi) is 3.66. The first kappa shape index (κ1) is 10.7. The molecule has 1 aromatic carbocycles. The number of hydrogen-bond donors (Lipinski definition) is 0. The lowest BCUT2D eigenvalue weighted by molar-refractivity contribution is 0.0600. The van der Waals surface area contributed by atoms with Gasteiger partial charge in [-0.15, -0.1) is 0 Å². The first-order valence-electron chi connectivity index (χ1n) is 3.89. The molecule has 0 bridgehead atoms. The Morgan fingerprint density at radius 3 is 2.79 bits per heavy atom. The van der Waals surface area contributed by atoms with E-state index in [4.69, 9.17) is 5.26 Å². The summed E-state index contributed by atoms with van der Waals surface area (Å²) in [6.07, 6.45) is 0. The van der Waals surface area contributed by atoms with Gasteiger partial charge in [0.15, 0.2) is 0 Å². The summed E-state index contributed by atoms with van der Waals surface area (Å²) in [6.45, 7) is 0. The molecule has 1 aromatic rings. The number of nitrogens with zero attached hydrogens (tertiary/aromatic N) is 1. The molecule has 4 heteroatoms. The largest absolute Gasteiger partial charge is 0.465 e. The summed E-state index contributed by atoms with van der Waals surface area (Å²) in [5, 5.41) is 9.32. The zero-order valence-corrected chi connectivity index (χ0v) is 9.17. The molecule has 0 saturated carbocycles. The van der Waals surface area contributed by atoms with E-state index >= 15 is 0 Å². The predicted octanol–water partition coefficient (Wildman–Crippen LogP) is 2.24. The Morgan fingerprint density at radius 1 is 1.57 bits per heavy atom. The molecule has 0 aliphatic rings. The molecular weight excluding hydrogens is 246 g/mol. The number of ether oxygens (including phenoxy) is 1. The van der Waals surface area contributed by atoms with Gasteiger partial charge in [-0.1, -0.05) is 15.9 Å². The normalized spacial score (nSPS) is 9.21. The van der Waals surface area contributed by atoms with Crippen molar-refractivity contribution in [3.63, 3.8) is 0 Å². The highest BCUT2D eigenvalue weighted by molar-refractivity contribution is 9.08. The number of nitriles is 1. The number of carbonyl (C=O) groups is 1. The van der Waals surface area contributed by atoms with Crippen LogP contribution in [0.15, 0.2) is 18.2 Å². The van der Waals surface area contributed by atoms with Crippen molar-refractivity contribution in [1.82, 2.24) is 0 Å². The molecular formula is C10H8BrNO2. The summed E-state index contributed by atoms with van der Waals surface area (Å²) in [5.41, 5.74) is 1.74. The molecule has 0 unspecified atom stereocenters. The van der Waals surface area contributed by atoms with Crippen molar-refractivity contribution in [2.24, 2.45) is 0 Å². The zero-order chi connectivity index (χ0) is 10.6. The second-order valence-corrected chi connectivity index (χ2v) is 3.22. The van der Waals surface area contributed by atoms with E-state index in [1.54, 1.807) is 12.1 Å². The summed E-state index contributed by atoms with van der Waals surface area (Å²) >= 11 is 3.26. The number of esters is 1. The smallest absolute Gasteiger partial charge is 0.337 e. The predicted molar refractivity (Wildman–Crippen MR) is 55.1 cm³/mol. The molecule has 72 valence electrons. The van der Waals surface area contributed by atoms with Crippen molar-refractivity contribution in [3.8, 4) is 6.07 Å². The summed E-state index contributed by atoms with van der Waals surface area (Å²) in [5.74, 6) is -0.427. The van der Waals surface area contributed by atoms with Gasteiger partial charge in [0, 0.05) is 5.33 Å². The second kappa shape index (κ2) is 4.77. The third-order valence-electron chi connectivity index (χ3n) is 1.70. The van der Waals surface area contributed by atoms with E-state index in [9.17, 15) is 4.79 Å². The Hall–Kier alpha value is -1.34. The maximum Gasteiger partial charge on any atom is 0.337 e. The van der Waals surface area contributed by atoms with E-state index in [1.807, 2.05) is 6.07 Å². The molecule has 0 fully saturated rings. The van der Waals surface area contributed by atoms with Crippen LogP contribution in [-0.4, -0.2) is 13.1 Å². The van der Waals surface area contributed by atoms with Gasteiger partial charge in [0.1, 0.15) is 0 Å². The van der Waals surface area contributed by atoms with Gasteiger partial charge >= 0.3 is 5.97 Å². The first-order chi connectivity index (χ1) is 6.71. The van der Waals surface area contributed by atoms with Crippen molar-refractivity contribution in [2.45, 2.75) is 5.33 Å². The fourth-order valence-corrected chi connectivity index (χ4v) is 1.39. The summed E-state index contributed by atoms with van der Waals surface area (Å²) in [6, 6.07) is 6.92. The molecule has 0 atom stereocenters. The van der Waals surface area contributed by atoms with Gasteiger partial charge in [-0.3, -0.25) is 0 Å². The molecule has 0 saturated heterocycles. The maximum absolute atomic E-state index is 11.2. The van der Waals surface area contributed by atoms with Crippen molar-refractivity contribution < 1.29 is 9.53 Å². The van der Waals surface area contributed by atoms with E-state index in [0.29, 0.717) is 16.5 Å². The van der Waals surface area contributed by atoms with Gasteiger partial charge in [0.25, 0.3) is 0 Å². The fraction of sp³-hybridized carbons (Fsp3) is 0.200. The lowest BCUT2D eigenvalue weighted by Gasteiger charge is -2.02. The van der Waals surface area contributed by atoms with Crippen LogP contribution in [0.25, 0.3) is 0 Å². The van der Waals surface area contributed by atoms with E-state index < -0.39 is 5.97 Å². The van der Waals surface area contributed by atoms with Crippen LogP contribution < -0.4 is 0 Å². The minimum atomic E-state index is -0.427. The number of rotatable bonds is 2. The molecule has 0 amide bonds. The summed E-state index contributed by atoms with van der Waals surface area (Å²) < 4.78 is 4.57. The van der Waals surface area contributed by atoms with Crippen LogP contribution in [0, 0.1) is 11.3 Å². The Bertz CT molecular complexity index is 396. The van der Waals surface area contributed by atoms with Crippen molar-refractivity contribution in [2.75, 3.05) is 7.11 Å². The quantitative estimate of drug-likeness (QED) is 0.600. The van der Waals surface area contributed by atoms with Gasteiger partial charge in [0.2, 0.25) is 0 Å². The second-order valence-electron chi connectivity index (χ2n) is 2.66. The van der Waals surface area contributed by atoms with Crippen LogP contribution in [0.4, 0.5) is 0 Å². The topological polar surface area (TPSA) is 50.1 Å². The van der Waals surface area contributed by atoms with Crippen LogP contribution in [0.5, 0.6) is 0 Å². The van der Waals surface area contributed by atoms with Crippen molar-refractivity contribution in [1.29, 1.82) is 5.26 Å². The van der Waals surface area contributed by atoms with Crippen LogP contribution in [0.2, 0.25) is 0 Å². The number of alkyl halides is 1. The van der Waals surface area contributed by atoms with Crippen molar-refractivity contribution >= 4 is 21.9 Å². The number of benzene rings is 1. The molecule has 1 rings (SSSR count). The van der Waals surface area contributed by atoms with Crippen molar-refractivity contribution in [3.05, 3.63) is 34.9 Å². The molecule has 3 nitrogen and oxygen atoms in total.